The number of guanidine groups is 1. The van der Waals surface area contributed by atoms with Crippen LogP contribution in [-0.2, 0) is 52.7 Å². The van der Waals surface area contributed by atoms with Crippen LogP contribution in [0.25, 0.3) is 0 Å². The average Bonchev–Trinajstić information content (AvgIpc) is 3.14. The molecule has 7 amide bonds. The van der Waals surface area contributed by atoms with E-state index >= 15 is 0 Å². The molecule has 0 aliphatic heterocycles. The lowest BCUT2D eigenvalue weighted by Crippen LogP contribution is -2.57. The van der Waals surface area contributed by atoms with Crippen LogP contribution in [-0.4, -0.2) is 154 Å². The van der Waals surface area contributed by atoms with Gasteiger partial charge in [-0.1, -0.05) is 0 Å². The van der Waals surface area contributed by atoms with Crippen LogP contribution in [0.4, 0.5) is 0 Å². The monoisotopic (exact) mass is 846 g/mol. The molecule has 0 bridgehead atoms. The van der Waals surface area contributed by atoms with Crippen molar-refractivity contribution in [3.63, 3.8) is 0 Å². The van der Waals surface area contributed by atoms with Gasteiger partial charge in [0.25, 0.3) is 0 Å². The third kappa shape index (κ3) is 23.9. The SMILES string of the molecule is C[C@H](NC(=O)[C@H](CC(=O)O)NC(=O)CNC(=O)[C@H](CCCN=C(N)N)NC(=O)[C@H](CCCCN)NC(=O)CNC(=O)[C@H](CCC(=O)O)NC(=O)[C@@H](N)CC(=O)O)C(=O)O. The van der Waals surface area contributed by atoms with Gasteiger partial charge in [0, 0.05) is 13.0 Å². The number of hydrogen-bond acceptors (Lipinski definition) is 14. The lowest BCUT2D eigenvalue weighted by Gasteiger charge is -2.24. The van der Waals surface area contributed by atoms with Crippen molar-refractivity contribution in [3.8, 4) is 0 Å². The summed E-state index contributed by atoms with van der Waals surface area (Å²) in [5, 5.41) is 51.6. The van der Waals surface area contributed by atoms with Gasteiger partial charge >= 0.3 is 23.9 Å². The average molecular weight is 847 g/mol. The molecular weight excluding hydrogens is 792 g/mol. The van der Waals surface area contributed by atoms with Gasteiger partial charge in [0.1, 0.15) is 30.2 Å². The summed E-state index contributed by atoms with van der Waals surface area (Å²) in [6.45, 7) is -0.325. The second-order valence-corrected chi connectivity index (χ2v) is 12.8. The fourth-order valence-corrected chi connectivity index (χ4v) is 4.73. The molecule has 27 heteroatoms. The Balaban J connectivity index is 5.93. The zero-order valence-electron chi connectivity index (χ0n) is 32.2. The van der Waals surface area contributed by atoms with Crippen LogP contribution in [0.1, 0.15) is 64.7 Å². The highest BCUT2D eigenvalue weighted by molar-refractivity contribution is 5.97. The molecule has 0 saturated heterocycles. The second-order valence-electron chi connectivity index (χ2n) is 12.8. The molecule has 0 aliphatic rings. The molecule has 0 unspecified atom stereocenters. The van der Waals surface area contributed by atoms with Gasteiger partial charge in [-0.3, -0.25) is 57.7 Å². The maximum atomic E-state index is 13.5. The van der Waals surface area contributed by atoms with Crippen LogP contribution in [0.3, 0.4) is 0 Å². The molecule has 0 heterocycles. The normalized spacial score (nSPS) is 13.6. The summed E-state index contributed by atoms with van der Waals surface area (Å²) in [6.07, 6.45) is -2.17. The maximum absolute atomic E-state index is 13.5. The molecule has 59 heavy (non-hydrogen) atoms. The van der Waals surface area contributed by atoms with E-state index in [1.165, 1.54) is 0 Å². The van der Waals surface area contributed by atoms with Gasteiger partial charge in [-0.2, -0.15) is 0 Å². The lowest BCUT2D eigenvalue weighted by molar-refractivity contribution is -0.143. The molecule has 332 valence electrons. The van der Waals surface area contributed by atoms with Crippen molar-refractivity contribution in [1.82, 2.24) is 37.2 Å². The van der Waals surface area contributed by atoms with Crippen LogP contribution < -0.4 is 60.2 Å². The zero-order valence-corrected chi connectivity index (χ0v) is 32.2. The Morgan fingerprint density at radius 3 is 1.53 bits per heavy atom. The fraction of sp³-hybridized carbons (Fsp3) is 0.625. The Morgan fingerprint density at radius 2 is 1.03 bits per heavy atom. The number of nitrogens with zero attached hydrogens (tertiary/aromatic N) is 1. The molecule has 0 aromatic rings. The molecule has 0 radical (unpaired) electrons. The van der Waals surface area contributed by atoms with Crippen LogP contribution in [0, 0.1) is 0 Å². The first-order valence-electron chi connectivity index (χ1n) is 18.0. The molecule has 19 N–H and O–H groups in total. The number of carboxylic acid groups (broad SMARTS) is 4. The number of nitrogens with two attached hydrogens (primary N) is 4. The first kappa shape index (κ1) is 52.4. The summed E-state index contributed by atoms with van der Waals surface area (Å²) < 4.78 is 0. The Labute approximate surface area is 336 Å². The van der Waals surface area contributed by atoms with Crippen molar-refractivity contribution >= 4 is 71.2 Å². The summed E-state index contributed by atoms with van der Waals surface area (Å²) in [5.74, 6) is -13.1. The number of rotatable bonds is 30. The van der Waals surface area contributed by atoms with Crippen molar-refractivity contribution in [2.75, 3.05) is 26.2 Å². The van der Waals surface area contributed by atoms with E-state index in [1.54, 1.807) is 0 Å². The van der Waals surface area contributed by atoms with Crippen molar-refractivity contribution in [3.05, 3.63) is 0 Å². The van der Waals surface area contributed by atoms with Crippen LogP contribution in [0.2, 0.25) is 0 Å². The van der Waals surface area contributed by atoms with Crippen LogP contribution >= 0.6 is 0 Å². The molecule has 0 spiro atoms. The van der Waals surface area contributed by atoms with E-state index in [1.807, 2.05) is 5.32 Å². The number of carbonyl (C=O) groups is 11. The molecule has 6 atom stereocenters. The van der Waals surface area contributed by atoms with Gasteiger partial charge in [0.05, 0.1) is 32.0 Å². The number of amides is 7. The molecule has 0 fully saturated rings. The summed E-state index contributed by atoms with van der Waals surface area (Å²) in [7, 11) is 0. The highest BCUT2D eigenvalue weighted by Crippen LogP contribution is 2.06. The highest BCUT2D eigenvalue weighted by atomic mass is 16.4. The molecule has 27 nitrogen and oxygen atoms in total. The van der Waals surface area contributed by atoms with Gasteiger partial charge in [-0.15, -0.1) is 0 Å². The first-order valence-corrected chi connectivity index (χ1v) is 18.0. The number of aliphatic imine (C=N–C) groups is 1. The van der Waals surface area contributed by atoms with Crippen molar-refractivity contribution in [2.24, 2.45) is 27.9 Å². The van der Waals surface area contributed by atoms with Gasteiger partial charge in [-0.25, -0.2) is 0 Å². The molecule has 0 aliphatic carbocycles. The number of unbranched alkanes of at least 4 members (excludes halogenated alkanes) is 1. The van der Waals surface area contributed by atoms with Crippen molar-refractivity contribution in [2.45, 2.75) is 101 Å². The summed E-state index contributed by atoms with van der Waals surface area (Å²) >= 11 is 0. The van der Waals surface area contributed by atoms with Gasteiger partial charge < -0.3 is 80.6 Å². The van der Waals surface area contributed by atoms with Crippen molar-refractivity contribution in [1.29, 1.82) is 0 Å². The molecule has 0 saturated carbocycles. The molecule has 0 rings (SSSR count). The predicted octanol–water partition coefficient (Wildman–Crippen LogP) is -6.93. The van der Waals surface area contributed by atoms with Crippen LogP contribution in [0.5, 0.6) is 0 Å². The quantitative estimate of drug-likeness (QED) is 0.0181. The van der Waals surface area contributed by atoms with E-state index in [0.29, 0.717) is 12.8 Å². The standard InChI is InChI=1S/C32H54N12O15/c1-15(31(58)59)40-30(57)20(12-25(51)52)42-22(46)14-38-27(54)17(6-4-10-37-32(35)36)44-29(56)18(5-2-3-9-33)41-21(45)13-39-28(55)19(7-8-23(47)48)43-26(53)16(34)11-24(49)50/h15-20H,2-14,33-34H2,1H3,(H,38,54)(H,39,55)(H,40,57)(H,41,45)(H,42,46)(H,43,53)(H,44,56)(H,47,48)(H,49,50)(H,51,52)(H,58,59)(H4,35,36,37)/t15-,16-,17-,18-,19-,20-/m0/s1. The number of carboxylic acids is 4. The minimum absolute atomic E-state index is 0.00101. The topological polar surface area (TPSA) is 469 Å². The highest BCUT2D eigenvalue weighted by Gasteiger charge is 2.30. The number of carbonyl (C=O) groups excluding carboxylic acids is 7. The van der Waals surface area contributed by atoms with E-state index in [2.05, 4.69) is 36.9 Å². The second kappa shape index (κ2) is 27.9. The lowest BCUT2D eigenvalue weighted by atomic mass is 10.1. The number of hydrogen-bond donors (Lipinski definition) is 15. The fourth-order valence-electron chi connectivity index (χ4n) is 4.73. The Morgan fingerprint density at radius 1 is 0.559 bits per heavy atom. The molecular formula is C32H54N12O15. The third-order valence-corrected chi connectivity index (χ3v) is 7.79. The minimum atomic E-state index is -1.73. The Bertz CT molecular complexity index is 1560. The minimum Gasteiger partial charge on any atom is -0.481 e. The van der Waals surface area contributed by atoms with E-state index in [-0.39, 0.29) is 38.3 Å². The Hall–Kier alpha value is -6.64. The van der Waals surface area contributed by atoms with E-state index in [9.17, 15) is 52.7 Å². The number of aliphatic carboxylic acids is 4. The smallest absolute Gasteiger partial charge is 0.325 e. The summed E-state index contributed by atoms with van der Waals surface area (Å²) in [6, 6.07) is -9.03. The molecule has 0 aromatic heterocycles. The predicted molar refractivity (Wildman–Crippen MR) is 201 cm³/mol. The molecule has 0 aromatic carbocycles. The van der Waals surface area contributed by atoms with Gasteiger partial charge in [0.2, 0.25) is 41.4 Å². The van der Waals surface area contributed by atoms with E-state index in [4.69, 9.17) is 43.4 Å². The third-order valence-electron chi connectivity index (χ3n) is 7.79. The summed E-state index contributed by atoms with van der Waals surface area (Å²) in [4.78, 5) is 138. The maximum Gasteiger partial charge on any atom is 0.325 e. The largest absolute Gasteiger partial charge is 0.481 e. The van der Waals surface area contributed by atoms with Gasteiger partial charge in [0.15, 0.2) is 5.96 Å². The van der Waals surface area contributed by atoms with E-state index < -0.39 is 140 Å². The van der Waals surface area contributed by atoms with Gasteiger partial charge in [-0.05, 0) is 52.0 Å². The summed E-state index contributed by atoms with van der Waals surface area (Å²) in [5.41, 5.74) is 21.8. The zero-order chi connectivity index (χ0) is 45.2. The Kier molecular flexibility index (Phi) is 24.7. The first-order chi connectivity index (χ1) is 27.6. The number of nitrogens with one attached hydrogen (secondary N) is 7. The van der Waals surface area contributed by atoms with Crippen LogP contribution in [0.15, 0.2) is 4.99 Å². The van der Waals surface area contributed by atoms with E-state index in [0.717, 1.165) is 6.92 Å². The van der Waals surface area contributed by atoms with Crippen molar-refractivity contribution < 1.29 is 73.2 Å².